The molecule has 1 atom stereocenters. The van der Waals surface area contributed by atoms with E-state index < -0.39 is 6.04 Å². The van der Waals surface area contributed by atoms with Crippen molar-refractivity contribution in [3.8, 4) is 0 Å². The summed E-state index contributed by atoms with van der Waals surface area (Å²) in [6, 6.07) is -0.454. The minimum atomic E-state index is -0.454. The zero-order valence-corrected chi connectivity index (χ0v) is 9.04. The van der Waals surface area contributed by atoms with Crippen LogP contribution in [0, 0.1) is 0 Å². The Bertz CT molecular complexity index is 206. The third-order valence-corrected chi connectivity index (χ3v) is 2.09. The Kier molecular flexibility index (Phi) is 5.87. The molecular formula is C9H19N3O2. The quantitative estimate of drug-likeness (QED) is 0.618. The number of carbonyl (C=O) groups is 2. The van der Waals surface area contributed by atoms with Crippen molar-refractivity contribution in [1.29, 1.82) is 0 Å². The number of likely N-dealkylation sites (N-methyl/N-ethyl adjacent to an activating group) is 1. The molecule has 0 aromatic heterocycles. The number of rotatable bonds is 5. The van der Waals surface area contributed by atoms with E-state index in [-0.39, 0.29) is 11.8 Å². The van der Waals surface area contributed by atoms with Gasteiger partial charge >= 0.3 is 0 Å². The fraction of sp³-hybridized carbons (Fsp3) is 0.778. The summed E-state index contributed by atoms with van der Waals surface area (Å²) < 4.78 is 0. The number of nitrogens with zero attached hydrogens (tertiary/aromatic N) is 1. The molecule has 0 rings (SSSR count). The van der Waals surface area contributed by atoms with Gasteiger partial charge in [-0.3, -0.25) is 9.59 Å². The highest BCUT2D eigenvalue weighted by Gasteiger charge is 2.16. The zero-order valence-electron chi connectivity index (χ0n) is 9.04. The summed E-state index contributed by atoms with van der Waals surface area (Å²) in [4.78, 5) is 23.8. The van der Waals surface area contributed by atoms with Gasteiger partial charge in [0, 0.05) is 27.1 Å². The van der Waals surface area contributed by atoms with Gasteiger partial charge in [-0.1, -0.05) is 6.92 Å². The molecule has 0 aromatic carbocycles. The molecule has 0 fully saturated rings. The van der Waals surface area contributed by atoms with E-state index in [1.54, 1.807) is 14.1 Å². The maximum absolute atomic E-state index is 11.4. The Morgan fingerprint density at radius 3 is 2.50 bits per heavy atom. The normalized spacial score (nSPS) is 12.0. The van der Waals surface area contributed by atoms with Crippen LogP contribution in [0.15, 0.2) is 0 Å². The molecule has 5 heteroatoms. The van der Waals surface area contributed by atoms with Gasteiger partial charge in [0.1, 0.15) is 0 Å². The smallest absolute Gasteiger partial charge is 0.239 e. The van der Waals surface area contributed by atoms with Gasteiger partial charge in [-0.15, -0.1) is 0 Å². The van der Waals surface area contributed by atoms with E-state index in [2.05, 4.69) is 5.32 Å². The number of carbonyl (C=O) groups excluding carboxylic acids is 2. The standard InChI is InChI=1S/C9H19N3O2/c1-4-7(10)9(14)12(3)6-5-8(13)11-2/h7H,4-6,10H2,1-3H3,(H,11,13)/t7-/m1/s1. The van der Waals surface area contributed by atoms with Crippen molar-refractivity contribution in [2.24, 2.45) is 5.73 Å². The minimum Gasteiger partial charge on any atom is -0.359 e. The van der Waals surface area contributed by atoms with Crippen molar-refractivity contribution < 1.29 is 9.59 Å². The maximum Gasteiger partial charge on any atom is 0.239 e. The molecule has 0 aliphatic rings. The Balaban J connectivity index is 3.90. The van der Waals surface area contributed by atoms with Crippen LogP contribution < -0.4 is 11.1 Å². The number of amides is 2. The van der Waals surface area contributed by atoms with Crippen LogP contribution in [0.25, 0.3) is 0 Å². The summed E-state index contributed by atoms with van der Waals surface area (Å²) in [5.41, 5.74) is 5.56. The van der Waals surface area contributed by atoms with Crippen LogP contribution in [-0.4, -0.2) is 43.4 Å². The van der Waals surface area contributed by atoms with Gasteiger partial charge in [0.05, 0.1) is 6.04 Å². The number of nitrogens with one attached hydrogen (secondary N) is 1. The van der Waals surface area contributed by atoms with Crippen LogP contribution in [-0.2, 0) is 9.59 Å². The van der Waals surface area contributed by atoms with Gasteiger partial charge in [0.25, 0.3) is 0 Å². The Morgan fingerprint density at radius 1 is 1.50 bits per heavy atom. The van der Waals surface area contributed by atoms with Crippen molar-refractivity contribution in [2.45, 2.75) is 25.8 Å². The van der Waals surface area contributed by atoms with E-state index in [9.17, 15) is 9.59 Å². The molecular weight excluding hydrogens is 182 g/mol. The van der Waals surface area contributed by atoms with Crippen LogP contribution in [0.4, 0.5) is 0 Å². The van der Waals surface area contributed by atoms with Crippen molar-refractivity contribution in [3.05, 3.63) is 0 Å². The molecule has 0 spiro atoms. The first-order valence-electron chi connectivity index (χ1n) is 4.74. The van der Waals surface area contributed by atoms with Gasteiger partial charge in [-0.05, 0) is 6.42 Å². The monoisotopic (exact) mass is 201 g/mol. The Morgan fingerprint density at radius 2 is 2.07 bits per heavy atom. The van der Waals surface area contributed by atoms with E-state index in [4.69, 9.17) is 5.73 Å². The molecule has 0 unspecified atom stereocenters. The van der Waals surface area contributed by atoms with Crippen molar-refractivity contribution in [1.82, 2.24) is 10.2 Å². The second-order valence-corrected chi connectivity index (χ2v) is 3.20. The molecule has 0 saturated carbocycles. The molecule has 5 nitrogen and oxygen atoms in total. The van der Waals surface area contributed by atoms with E-state index in [0.29, 0.717) is 19.4 Å². The van der Waals surface area contributed by atoms with Crippen LogP contribution >= 0.6 is 0 Å². The highest BCUT2D eigenvalue weighted by Crippen LogP contribution is 1.95. The first-order valence-corrected chi connectivity index (χ1v) is 4.74. The molecule has 0 bridgehead atoms. The summed E-state index contributed by atoms with van der Waals surface area (Å²) in [7, 11) is 3.22. The van der Waals surface area contributed by atoms with E-state index >= 15 is 0 Å². The second kappa shape index (κ2) is 6.37. The number of hydrogen-bond donors (Lipinski definition) is 2. The van der Waals surface area contributed by atoms with Gasteiger partial charge in [-0.2, -0.15) is 0 Å². The number of hydrogen-bond acceptors (Lipinski definition) is 3. The lowest BCUT2D eigenvalue weighted by Crippen LogP contribution is -2.42. The summed E-state index contributed by atoms with van der Waals surface area (Å²) >= 11 is 0. The van der Waals surface area contributed by atoms with Crippen LogP contribution in [0.2, 0.25) is 0 Å². The predicted molar refractivity (Wildman–Crippen MR) is 54.6 cm³/mol. The molecule has 3 N–H and O–H groups in total. The average molecular weight is 201 g/mol. The molecule has 0 aromatic rings. The largest absolute Gasteiger partial charge is 0.359 e. The lowest BCUT2D eigenvalue weighted by atomic mass is 10.2. The van der Waals surface area contributed by atoms with Crippen molar-refractivity contribution in [3.63, 3.8) is 0 Å². The summed E-state index contributed by atoms with van der Waals surface area (Å²) in [6.07, 6.45) is 0.929. The fourth-order valence-corrected chi connectivity index (χ4v) is 0.962. The summed E-state index contributed by atoms with van der Waals surface area (Å²) in [5.74, 6) is -0.189. The van der Waals surface area contributed by atoms with Gasteiger partial charge in [-0.25, -0.2) is 0 Å². The van der Waals surface area contributed by atoms with Crippen molar-refractivity contribution >= 4 is 11.8 Å². The summed E-state index contributed by atoms with van der Waals surface area (Å²) in [5, 5.41) is 2.49. The van der Waals surface area contributed by atoms with Gasteiger partial charge in [0.15, 0.2) is 0 Å². The molecule has 0 saturated heterocycles. The van der Waals surface area contributed by atoms with Crippen LogP contribution in [0.5, 0.6) is 0 Å². The zero-order chi connectivity index (χ0) is 11.1. The topological polar surface area (TPSA) is 75.4 Å². The van der Waals surface area contributed by atoms with Crippen LogP contribution in [0.1, 0.15) is 19.8 Å². The SMILES string of the molecule is CC[C@@H](N)C(=O)N(C)CCC(=O)NC. The molecule has 2 amide bonds. The summed E-state index contributed by atoms with van der Waals surface area (Å²) in [6.45, 7) is 2.27. The minimum absolute atomic E-state index is 0.0743. The van der Waals surface area contributed by atoms with E-state index in [0.717, 1.165) is 0 Å². The third-order valence-electron chi connectivity index (χ3n) is 2.09. The lowest BCUT2D eigenvalue weighted by molar-refractivity contribution is -0.131. The molecule has 82 valence electrons. The average Bonchev–Trinajstić information content (AvgIpc) is 2.22. The molecule has 0 heterocycles. The molecule has 0 aliphatic carbocycles. The first kappa shape index (κ1) is 12.9. The molecule has 14 heavy (non-hydrogen) atoms. The fourth-order valence-electron chi connectivity index (χ4n) is 0.962. The highest BCUT2D eigenvalue weighted by molar-refractivity contribution is 5.82. The first-order chi connectivity index (χ1) is 6.52. The van der Waals surface area contributed by atoms with E-state index in [1.807, 2.05) is 6.92 Å². The van der Waals surface area contributed by atoms with Gasteiger partial charge < -0.3 is 16.0 Å². The third kappa shape index (κ3) is 4.23. The molecule has 0 radical (unpaired) electrons. The maximum atomic E-state index is 11.4. The Labute approximate surface area is 84.6 Å². The van der Waals surface area contributed by atoms with Crippen molar-refractivity contribution in [2.75, 3.05) is 20.6 Å². The Hall–Kier alpha value is -1.10. The second-order valence-electron chi connectivity index (χ2n) is 3.20. The number of nitrogens with two attached hydrogens (primary N) is 1. The van der Waals surface area contributed by atoms with Gasteiger partial charge in [0.2, 0.25) is 11.8 Å². The molecule has 0 aliphatic heterocycles. The van der Waals surface area contributed by atoms with E-state index in [1.165, 1.54) is 4.90 Å². The van der Waals surface area contributed by atoms with Crippen LogP contribution in [0.3, 0.4) is 0 Å². The lowest BCUT2D eigenvalue weighted by Gasteiger charge is -2.19. The predicted octanol–water partition coefficient (Wildman–Crippen LogP) is -0.682. The highest BCUT2D eigenvalue weighted by atomic mass is 16.2.